The van der Waals surface area contributed by atoms with Gasteiger partial charge < -0.3 is 9.47 Å². The molecule has 1 fully saturated rings. The van der Waals surface area contributed by atoms with Gasteiger partial charge in [-0.3, -0.25) is 9.59 Å². The zero-order chi connectivity index (χ0) is 15.1. The molecule has 2 aliphatic carbocycles. The van der Waals surface area contributed by atoms with E-state index in [1.807, 2.05) is 13.0 Å². The second-order valence-electron chi connectivity index (χ2n) is 6.29. The van der Waals surface area contributed by atoms with E-state index in [1.54, 1.807) is 6.08 Å². The van der Waals surface area contributed by atoms with Gasteiger partial charge in [-0.05, 0) is 35.8 Å². The van der Waals surface area contributed by atoms with E-state index in [4.69, 9.17) is 9.47 Å². The number of ether oxygens (including phenoxy) is 2. The van der Waals surface area contributed by atoms with Crippen LogP contribution < -0.4 is 0 Å². The number of methoxy groups -OCH3 is 2. The number of hydrogen-bond donors (Lipinski definition) is 0. The molecule has 110 valence electrons. The van der Waals surface area contributed by atoms with Crippen LogP contribution in [0, 0.1) is 16.7 Å². The van der Waals surface area contributed by atoms with Gasteiger partial charge in [0.2, 0.25) is 0 Å². The van der Waals surface area contributed by atoms with E-state index in [-0.39, 0.29) is 5.41 Å². The molecule has 0 radical (unpaired) electrons. The van der Waals surface area contributed by atoms with E-state index < -0.39 is 17.4 Å². The molecular weight excluding hydrogens is 256 g/mol. The Morgan fingerprint density at radius 2 is 1.75 bits per heavy atom. The van der Waals surface area contributed by atoms with Crippen LogP contribution in [0.25, 0.3) is 0 Å². The van der Waals surface area contributed by atoms with E-state index in [1.165, 1.54) is 14.2 Å². The van der Waals surface area contributed by atoms with Crippen molar-refractivity contribution in [2.45, 2.75) is 33.6 Å². The van der Waals surface area contributed by atoms with E-state index in [9.17, 15) is 9.59 Å². The molecule has 0 aromatic heterocycles. The number of rotatable bonds is 3. The van der Waals surface area contributed by atoms with Crippen molar-refractivity contribution < 1.29 is 19.1 Å². The summed E-state index contributed by atoms with van der Waals surface area (Å²) in [5.41, 5.74) is 1.09. The van der Waals surface area contributed by atoms with Crippen LogP contribution in [0.3, 0.4) is 0 Å². The van der Waals surface area contributed by atoms with Gasteiger partial charge >= 0.3 is 11.9 Å². The molecule has 4 heteroatoms. The van der Waals surface area contributed by atoms with Crippen molar-refractivity contribution in [3.8, 4) is 0 Å². The predicted octanol–water partition coefficient (Wildman–Crippen LogP) is 2.64. The van der Waals surface area contributed by atoms with Crippen LogP contribution in [0.4, 0.5) is 0 Å². The summed E-state index contributed by atoms with van der Waals surface area (Å²) < 4.78 is 9.68. The Kier molecular flexibility index (Phi) is 3.53. The lowest BCUT2D eigenvalue weighted by atomic mass is 9.87. The zero-order valence-electron chi connectivity index (χ0n) is 12.8. The lowest BCUT2D eigenvalue weighted by Crippen LogP contribution is -2.38. The minimum Gasteiger partial charge on any atom is -0.468 e. The highest BCUT2D eigenvalue weighted by molar-refractivity contribution is 6.04. The largest absolute Gasteiger partial charge is 0.468 e. The highest BCUT2D eigenvalue weighted by atomic mass is 16.5. The molecule has 0 N–H and O–H groups in total. The number of hydrogen-bond acceptors (Lipinski definition) is 4. The summed E-state index contributed by atoms with van der Waals surface area (Å²) in [6.07, 6.45) is 5.17. The van der Waals surface area contributed by atoms with Crippen LogP contribution in [0.15, 0.2) is 23.3 Å². The molecule has 0 heterocycles. The van der Waals surface area contributed by atoms with E-state index in [0.717, 1.165) is 17.6 Å². The summed E-state index contributed by atoms with van der Waals surface area (Å²) in [6.45, 7) is 6.33. The minimum absolute atomic E-state index is 0.239. The third-order valence-electron chi connectivity index (χ3n) is 4.58. The maximum absolute atomic E-state index is 12.2. The van der Waals surface area contributed by atoms with Crippen LogP contribution in [0.2, 0.25) is 0 Å². The molecule has 1 saturated carbocycles. The maximum Gasteiger partial charge on any atom is 0.327 e. The summed E-state index contributed by atoms with van der Waals surface area (Å²) in [5.74, 6) is -0.681. The third-order valence-corrected chi connectivity index (χ3v) is 4.58. The van der Waals surface area contributed by atoms with Crippen LogP contribution in [-0.4, -0.2) is 26.2 Å². The second-order valence-corrected chi connectivity index (χ2v) is 6.29. The molecule has 0 aromatic rings. The van der Waals surface area contributed by atoms with Crippen molar-refractivity contribution in [1.29, 1.82) is 0 Å². The highest BCUT2D eigenvalue weighted by Gasteiger charge is 2.56. The zero-order valence-corrected chi connectivity index (χ0v) is 12.8. The maximum atomic E-state index is 12.2. The first kappa shape index (κ1) is 14.8. The Balaban J connectivity index is 2.46. The van der Waals surface area contributed by atoms with Gasteiger partial charge in [-0.1, -0.05) is 26.0 Å². The fourth-order valence-electron chi connectivity index (χ4n) is 3.11. The molecule has 1 atom stereocenters. The molecule has 0 aromatic carbocycles. The molecule has 20 heavy (non-hydrogen) atoms. The fourth-order valence-corrected chi connectivity index (χ4v) is 3.11. The molecule has 4 nitrogen and oxygen atoms in total. The van der Waals surface area contributed by atoms with Crippen molar-refractivity contribution in [2.75, 3.05) is 14.2 Å². The summed E-state index contributed by atoms with van der Waals surface area (Å²) in [7, 11) is 2.60. The van der Waals surface area contributed by atoms with Crippen LogP contribution in [0.5, 0.6) is 0 Å². The number of carbonyl (C=O) groups is 2. The second kappa shape index (κ2) is 4.76. The van der Waals surface area contributed by atoms with Gasteiger partial charge in [-0.15, -0.1) is 0 Å². The molecule has 2 aliphatic rings. The predicted molar refractivity (Wildman–Crippen MR) is 74.8 cm³/mol. The van der Waals surface area contributed by atoms with Crippen LogP contribution in [0.1, 0.15) is 33.6 Å². The summed E-state index contributed by atoms with van der Waals surface area (Å²) in [6, 6.07) is 0. The Morgan fingerprint density at radius 3 is 2.10 bits per heavy atom. The summed E-state index contributed by atoms with van der Waals surface area (Å²) in [4.78, 5) is 24.3. The first-order valence-corrected chi connectivity index (χ1v) is 6.87. The smallest absolute Gasteiger partial charge is 0.327 e. The molecule has 0 spiro atoms. The Hall–Kier alpha value is -1.58. The summed E-state index contributed by atoms with van der Waals surface area (Å²) in [5, 5.41) is 0. The monoisotopic (exact) mass is 278 g/mol. The van der Waals surface area contributed by atoms with Crippen molar-refractivity contribution in [1.82, 2.24) is 0 Å². The average Bonchev–Trinajstić information content (AvgIpc) is 2.90. The summed E-state index contributed by atoms with van der Waals surface area (Å²) >= 11 is 0. The van der Waals surface area contributed by atoms with E-state index >= 15 is 0 Å². The SMILES string of the molecule is C/C=C1/CC(C(=O)OC)(C(=O)OC)C=C1C1CC1(C)C. The van der Waals surface area contributed by atoms with Gasteiger partial charge in [0.1, 0.15) is 0 Å². The third kappa shape index (κ3) is 2.07. The fraction of sp³-hybridized carbons (Fsp3) is 0.625. The molecule has 1 unspecified atom stereocenters. The van der Waals surface area contributed by atoms with Gasteiger partial charge in [0, 0.05) is 6.42 Å². The number of allylic oxidation sites excluding steroid dienone is 3. The Bertz CT molecular complexity index is 495. The van der Waals surface area contributed by atoms with Gasteiger partial charge in [-0.25, -0.2) is 0 Å². The van der Waals surface area contributed by atoms with Crippen LogP contribution in [-0.2, 0) is 19.1 Å². The van der Waals surface area contributed by atoms with Crippen molar-refractivity contribution >= 4 is 11.9 Å². The van der Waals surface area contributed by atoms with Crippen molar-refractivity contribution in [3.63, 3.8) is 0 Å². The number of esters is 2. The quantitative estimate of drug-likeness (QED) is 0.588. The molecule has 0 saturated heterocycles. The van der Waals surface area contributed by atoms with Gasteiger partial charge in [0.05, 0.1) is 14.2 Å². The standard InChI is InChI=1S/C16H22O4/c1-6-10-7-16(13(17)19-4,14(18)20-5)8-11(10)12-9-15(12,2)3/h6,8,12H,7,9H2,1-5H3/b10-6-. The first-order chi connectivity index (χ1) is 9.32. The Morgan fingerprint density at radius 1 is 1.25 bits per heavy atom. The van der Waals surface area contributed by atoms with E-state index in [2.05, 4.69) is 13.8 Å². The van der Waals surface area contributed by atoms with Crippen LogP contribution >= 0.6 is 0 Å². The van der Waals surface area contributed by atoms with E-state index in [0.29, 0.717) is 12.3 Å². The van der Waals surface area contributed by atoms with Gasteiger partial charge in [0.25, 0.3) is 0 Å². The Labute approximate surface area is 119 Å². The molecule has 0 bridgehead atoms. The molecule has 2 rings (SSSR count). The first-order valence-electron chi connectivity index (χ1n) is 6.87. The molecular formula is C16H22O4. The van der Waals surface area contributed by atoms with Gasteiger partial charge in [-0.2, -0.15) is 0 Å². The lowest BCUT2D eigenvalue weighted by Gasteiger charge is -2.20. The topological polar surface area (TPSA) is 52.6 Å². The van der Waals surface area contributed by atoms with Crippen molar-refractivity contribution in [2.24, 2.45) is 16.7 Å². The normalized spacial score (nSPS) is 27.9. The number of carbonyl (C=O) groups excluding carboxylic acids is 2. The highest BCUT2D eigenvalue weighted by Crippen LogP contribution is 2.60. The van der Waals surface area contributed by atoms with Crippen molar-refractivity contribution in [3.05, 3.63) is 23.3 Å². The van der Waals surface area contributed by atoms with Gasteiger partial charge in [0.15, 0.2) is 5.41 Å². The minimum atomic E-state index is -1.31. The average molecular weight is 278 g/mol. The molecule has 0 aliphatic heterocycles. The lowest BCUT2D eigenvalue weighted by molar-refractivity contribution is -0.164. The molecule has 0 amide bonds.